The molecule has 3 amide bonds. The summed E-state index contributed by atoms with van der Waals surface area (Å²) in [7, 11) is 7.49. The molecule has 414 valence electrons. The van der Waals surface area contributed by atoms with E-state index >= 15 is 0 Å². The first-order valence-electron chi connectivity index (χ1n) is 22.8. The van der Waals surface area contributed by atoms with Gasteiger partial charge in [-0.1, -0.05) is 44.7 Å². The van der Waals surface area contributed by atoms with Crippen LogP contribution in [0.5, 0.6) is 52.1 Å². The van der Waals surface area contributed by atoms with Gasteiger partial charge in [-0.2, -0.15) is 0 Å². The second kappa shape index (κ2) is 31.8. The number of hydrogen-bond acceptors (Lipinski definition) is 24. The predicted octanol–water partition coefficient (Wildman–Crippen LogP) is 8.59. The number of amides is 3. The summed E-state index contributed by atoms with van der Waals surface area (Å²) in [6.45, 7) is 3.00. The van der Waals surface area contributed by atoms with E-state index in [1.54, 1.807) is 100 Å². The normalized spacial score (nSPS) is 10.6. The van der Waals surface area contributed by atoms with Crippen molar-refractivity contribution in [1.82, 2.24) is 35.2 Å². The molecule has 0 atom stereocenters. The lowest BCUT2D eigenvalue weighted by molar-refractivity contribution is 0.0759. The zero-order valence-electron chi connectivity index (χ0n) is 43.1. The fourth-order valence-electron chi connectivity index (χ4n) is 5.81. The van der Waals surface area contributed by atoms with Gasteiger partial charge in [0.05, 0.1) is 50.2 Å². The Kier molecular flexibility index (Phi) is 24.1. The molecule has 79 heavy (non-hydrogen) atoms. The molecular weight excluding hydrogens is 1070 g/mol. The number of carbonyl (C=O) groups is 2. The summed E-state index contributed by atoms with van der Waals surface area (Å²) in [5, 5.41) is 19.7. The molecule has 0 fully saturated rings. The molecule has 0 aliphatic rings. The standard InChI is InChI=1S/C19H16ClN5O4.C17H21ClN6O4.C14H16N4O4/c1-27-24-10-16-17(21)22-11-23-18(16)28-14-5-7-15(8-6-14)29-19(26)25-13-4-2-3-12(20)9-13;1-3-20-17(25)24-14-5-4-11(8-13(14)18)28-16-12(15(19)21-10-22-16)9-23-27-7-6-26-2;1-19-9-4-10(20-2)6-11(5-9)22-14-12(7-18-21-3)13(15)16-8-17-14/h2-11H,1H3,(H,25,26)(H2,21,22,23);4-5,8-10H,3,6-7H2,1-2H3,(H2,19,21,22)(H2,20,24,25);4-8H,1-3H3,(H2,15,16,17)/b24-10+;23-9+;18-7+. The fraction of sp³-hybridized carbons (Fsp3) is 0.180. The number of anilines is 5. The van der Waals surface area contributed by atoms with E-state index in [1.807, 2.05) is 6.92 Å². The lowest BCUT2D eigenvalue weighted by Crippen LogP contribution is -2.28. The first-order valence-corrected chi connectivity index (χ1v) is 23.6. The van der Waals surface area contributed by atoms with E-state index in [-0.39, 0.29) is 47.7 Å². The van der Waals surface area contributed by atoms with Crippen molar-refractivity contribution in [1.29, 1.82) is 0 Å². The monoisotopic (exact) mass is 1130 g/mol. The summed E-state index contributed by atoms with van der Waals surface area (Å²) in [6.07, 6.45) is 7.26. The van der Waals surface area contributed by atoms with Crippen molar-refractivity contribution < 1.29 is 57.3 Å². The van der Waals surface area contributed by atoms with Crippen LogP contribution in [0, 0.1) is 0 Å². The van der Waals surface area contributed by atoms with Crippen molar-refractivity contribution in [3.63, 3.8) is 0 Å². The molecule has 0 radical (unpaired) electrons. The molecule has 0 saturated heterocycles. The number of nitrogen functional groups attached to an aromatic ring is 3. The number of nitrogens with one attached hydrogen (secondary N) is 3. The molecular formula is C50H53Cl2N15O12. The SMILES string of the molecule is CCNC(=O)Nc1ccc(Oc2ncnc(N)c2/C=N/OCCOC)cc1Cl.CO/N=C/c1c(N)ncnc1Oc1cc(OC)cc(OC)c1.CO/N=C/c1c(N)ncnc1Oc1ccc(OC(=O)Nc2cccc(Cl)c2)cc1. The van der Waals surface area contributed by atoms with Crippen LogP contribution in [0.3, 0.4) is 0 Å². The van der Waals surface area contributed by atoms with Crippen LogP contribution in [-0.2, 0) is 19.2 Å². The first kappa shape index (κ1) is 59.9. The minimum atomic E-state index is -0.650. The van der Waals surface area contributed by atoms with Crippen LogP contribution in [-0.4, -0.2) is 116 Å². The summed E-state index contributed by atoms with van der Waals surface area (Å²) in [5.74, 6) is 3.99. The van der Waals surface area contributed by atoms with Gasteiger partial charge in [-0.05, 0) is 61.5 Å². The Balaban J connectivity index is 0.000000220. The third kappa shape index (κ3) is 19.6. The van der Waals surface area contributed by atoms with Crippen molar-refractivity contribution in [2.24, 2.45) is 15.5 Å². The van der Waals surface area contributed by atoms with Crippen LogP contribution in [0.2, 0.25) is 10.0 Å². The van der Waals surface area contributed by atoms with E-state index < -0.39 is 6.09 Å². The number of nitrogens with zero attached hydrogens (tertiary/aromatic N) is 9. The molecule has 0 aliphatic heterocycles. The molecule has 4 aromatic carbocycles. The molecule has 27 nitrogen and oxygen atoms in total. The maximum Gasteiger partial charge on any atom is 0.417 e. The number of oxime groups is 3. The summed E-state index contributed by atoms with van der Waals surface area (Å²) in [5.41, 5.74) is 19.6. The first-order chi connectivity index (χ1) is 38.3. The van der Waals surface area contributed by atoms with Crippen molar-refractivity contribution >= 4 is 82.8 Å². The topological polar surface area (TPSA) is 355 Å². The fourth-order valence-corrected chi connectivity index (χ4v) is 6.22. The Labute approximate surface area is 461 Å². The van der Waals surface area contributed by atoms with Crippen LogP contribution in [0.1, 0.15) is 23.6 Å². The van der Waals surface area contributed by atoms with Gasteiger partial charge in [0, 0.05) is 48.6 Å². The molecule has 0 bridgehead atoms. The van der Waals surface area contributed by atoms with Gasteiger partial charge in [-0.25, -0.2) is 39.5 Å². The second-order valence-electron chi connectivity index (χ2n) is 14.8. The number of halogens is 2. The Morgan fingerprint density at radius 1 is 0.570 bits per heavy atom. The van der Waals surface area contributed by atoms with Crippen molar-refractivity contribution in [2.75, 3.05) is 83.1 Å². The number of ether oxygens (including phenoxy) is 7. The van der Waals surface area contributed by atoms with E-state index in [4.69, 9.17) is 78.4 Å². The van der Waals surface area contributed by atoms with Gasteiger partial charge in [0.1, 0.15) is 108 Å². The highest BCUT2D eigenvalue weighted by molar-refractivity contribution is 6.33. The minimum absolute atomic E-state index is 0.171. The van der Waals surface area contributed by atoms with Gasteiger partial charge in [0.15, 0.2) is 0 Å². The molecule has 7 rings (SSSR count). The van der Waals surface area contributed by atoms with E-state index in [2.05, 4.69) is 71.0 Å². The molecule has 3 heterocycles. The lowest BCUT2D eigenvalue weighted by Gasteiger charge is -2.11. The van der Waals surface area contributed by atoms with Crippen molar-refractivity contribution in [3.05, 3.63) is 131 Å². The van der Waals surface area contributed by atoms with E-state index in [9.17, 15) is 9.59 Å². The molecule has 0 spiro atoms. The number of nitrogens with two attached hydrogens (primary N) is 3. The van der Waals surface area contributed by atoms with E-state index in [0.29, 0.717) is 85.8 Å². The second-order valence-corrected chi connectivity index (χ2v) is 15.6. The van der Waals surface area contributed by atoms with Crippen molar-refractivity contribution in [2.45, 2.75) is 6.92 Å². The highest BCUT2D eigenvalue weighted by Crippen LogP contribution is 2.33. The minimum Gasteiger partial charge on any atom is -0.496 e. The summed E-state index contributed by atoms with van der Waals surface area (Å²) in [6, 6.07) is 22.6. The smallest absolute Gasteiger partial charge is 0.417 e. The number of rotatable bonds is 21. The molecule has 0 unspecified atom stereocenters. The average Bonchev–Trinajstić information content (AvgIpc) is 3.43. The van der Waals surface area contributed by atoms with Crippen LogP contribution >= 0.6 is 23.2 Å². The molecule has 0 aliphatic carbocycles. The Morgan fingerprint density at radius 2 is 1.08 bits per heavy atom. The molecule has 7 aromatic rings. The summed E-state index contributed by atoms with van der Waals surface area (Å²) < 4.78 is 37.7. The van der Waals surface area contributed by atoms with Gasteiger partial charge in [0.2, 0.25) is 17.6 Å². The van der Waals surface area contributed by atoms with E-state index in [1.165, 1.54) is 57.9 Å². The molecule has 0 saturated carbocycles. The van der Waals surface area contributed by atoms with Gasteiger partial charge in [0.25, 0.3) is 0 Å². The van der Waals surface area contributed by atoms with Crippen LogP contribution in [0.4, 0.5) is 38.4 Å². The van der Waals surface area contributed by atoms with Gasteiger partial charge >= 0.3 is 12.1 Å². The van der Waals surface area contributed by atoms with Crippen LogP contribution < -0.4 is 61.6 Å². The van der Waals surface area contributed by atoms with E-state index in [0.717, 1.165) is 0 Å². The average molecular weight is 1130 g/mol. The van der Waals surface area contributed by atoms with Gasteiger partial charge in [-0.3, -0.25) is 5.32 Å². The molecule has 29 heteroatoms. The zero-order valence-corrected chi connectivity index (χ0v) is 44.6. The third-order valence-corrected chi connectivity index (χ3v) is 9.99. The lowest BCUT2D eigenvalue weighted by atomic mass is 10.3. The predicted molar refractivity (Wildman–Crippen MR) is 295 cm³/mol. The number of benzene rings is 4. The van der Waals surface area contributed by atoms with Crippen LogP contribution in [0.25, 0.3) is 0 Å². The Bertz CT molecular complexity index is 3180. The third-order valence-electron chi connectivity index (χ3n) is 9.44. The highest BCUT2D eigenvalue weighted by Gasteiger charge is 2.15. The van der Waals surface area contributed by atoms with Gasteiger partial charge in [-0.15, -0.1) is 0 Å². The van der Waals surface area contributed by atoms with Crippen LogP contribution in [0.15, 0.2) is 119 Å². The van der Waals surface area contributed by atoms with Crippen molar-refractivity contribution in [3.8, 4) is 52.1 Å². The number of methoxy groups -OCH3 is 3. The highest BCUT2D eigenvalue weighted by atomic mass is 35.5. The summed E-state index contributed by atoms with van der Waals surface area (Å²) >= 11 is 12.1. The zero-order chi connectivity index (χ0) is 56.9. The number of aromatic nitrogens is 6. The molecule has 3 aromatic heterocycles. The largest absolute Gasteiger partial charge is 0.496 e. The summed E-state index contributed by atoms with van der Waals surface area (Å²) in [4.78, 5) is 61.8. The quantitative estimate of drug-likeness (QED) is 0.0223. The van der Waals surface area contributed by atoms with Gasteiger partial charge < -0.3 is 75.5 Å². The number of urea groups is 1. The Morgan fingerprint density at radius 3 is 1.58 bits per heavy atom. The maximum atomic E-state index is 12.0. The molecule has 9 N–H and O–H groups in total. The Hall–Kier alpha value is -9.99. The maximum absolute atomic E-state index is 12.0. The number of hydrogen-bond donors (Lipinski definition) is 6. The number of carbonyl (C=O) groups excluding carboxylic acids is 2.